The van der Waals surface area contributed by atoms with Crippen LogP contribution in [0.25, 0.3) is 0 Å². The molecule has 0 aliphatic heterocycles. The molecule has 5 N–H and O–H groups in total. The second kappa shape index (κ2) is 6.45. The zero-order valence-corrected chi connectivity index (χ0v) is 11.3. The van der Waals surface area contributed by atoms with Crippen LogP contribution in [-0.4, -0.2) is 29.5 Å². The van der Waals surface area contributed by atoms with Crippen molar-refractivity contribution in [1.82, 2.24) is 9.97 Å². The van der Waals surface area contributed by atoms with Crippen molar-refractivity contribution in [2.24, 2.45) is 5.73 Å². The smallest absolute Gasteiger partial charge is 0.323 e. The number of amides is 1. The monoisotopic (exact) mass is 286 g/mol. The van der Waals surface area contributed by atoms with Gasteiger partial charge < -0.3 is 25.8 Å². The Morgan fingerprint density at radius 2 is 2.29 bits per heavy atom. The molecule has 0 saturated carbocycles. The zero-order valence-electron chi connectivity index (χ0n) is 11.3. The molecular formula is C14H14N4O3. The van der Waals surface area contributed by atoms with Crippen molar-refractivity contribution in [2.75, 3.05) is 19.0 Å². The molecule has 0 aliphatic rings. The molecule has 2 aromatic rings. The van der Waals surface area contributed by atoms with Crippen molar-refractivity contribution in [3.8, 4) is 17.6 Å². The van der Waals surface area contributed by atoms with Crippen LogP contribution < -0.4 is 21.5 Å². The molecule has 2 rings (SSSR count). The minimum Gasteiger partial charge on any atom is -0.495 e. The van der Waals surface area contributed by atoms with Gasteiger partial charge in [0.05, 0.1) is 19.3 Å². The molecule has 7 heteroatoms. The fourth-order valence-electron chi connectivity index (χ4n) is 1.68. The number of aromatic nitrogens is 2. The van der Waals surface area contributed by atoms with Gasteiger partial charge >= 0.3 is 5.69 Å². The highest BCUT2D eigenvalue weighted by molar-refractivity contribution is 6.03. The van der Waals surface area contributed by atoms with Gasteiger partial charge in [0.1, 0.15) is 11.4 Å². The molecule has 1 aromatic heterocycles. The van der Waals surface area contributed by atoms with E-state index < -0.39 is 11.6 Å². The zero-order chi connectivity index (χ0) is 15.2. The van der Waals surface area contributed by atoms with Gasteiger partial charge in [-0.15, -0.1) is 0 Å². The van der Waals surface area contributed by atoms with Crippen molar-refractivity contribution < 1.29 is 9.53 Å². The maximum Gasteiger partial charge on any atom is 0.323 e. The van der Waals surface area contributed by atoms with Crippen molar-refractivity contribution in [2.45, 2.75) is 0 Å². The lowest BCUT2D eigenvalue weighted by atomic mass is 10.2. The third kappa shape index (κ3) is 3.52. The Kier molecular flexibility index (Phi) is 4.43. The van der Waals surface area contributed by atoms with Crippen LogP contribution in [0.5, 0.6) is 5.75 Å². The third-order valence-electron chi connectivity index (χ3n) is 2.62. The molecule has 0 bridgehead atoms. The maximum atomic E-state index is 12.0. The lowest BCUT2D eigenvalue weighted by Crippen LogP contribution is -2.14. The van der Waals surface area contributed by atoms with Gasteiger partial charge in [0.2, 0.25) is 0 Å². The van der Waals surface area contributed by atoms with Crippen molar-refractivity contribution in [3.05, 3.63) is 46.1 Å². The summed E-state index contributed by atoms with van der Waals surface area (Å²) >= 11 is 0. The SMILES string of the molecule is COc1ccc(C#CCN)cc1NC(=O)c1c[nH]c(=O)[nH]1. The number of nitrogens with one attached hydrogen (secondary N) is 3. The summed E-state index contributed by atoms with van der Waals surface area (Å²) in [4.78, 5) is 27.7. The molecule has 21 heavy (non-hydrogen) atoms. The average molecular weight is 286 g/mol. The number of hydrogen-bond donors (Lipinski definition) is 4. The largest absolute Gasteiger partial charge is 0.495 e. The summed E-state index contributed by atoms with van der Waals surface area (Å²) < 4.78 is 5.18. The first-order valence-electron chi connectivity index (χ1n) is 6.10. The van der Waals surface area contributed by atoms with Crippen molar-refractivity contribution >= 4 is 11.6 Å². The number of carbonyl (C=O) groups is 1. The summed E-state index contributed by atoms with van der Waals surface area (Å²) in [5.41, 5.74) is 6.15. The van der Waals surface area contributed by atoms with Crippen LogP contribution in [0.4, 0.5) is 5.69 Å². The molecule has 0 atom stereocenters. The molecule has 0 saturated heterocycles. The summed E-state index contributed by atoms with van der Waals surface area (Å²) in [7, 11) is 1.49. The Morgan fingerprint density at radius 1 is 1.48 bits per heavy atom. The van der Waals surface area contributed by atoms with E-state index in [-0.39, 0.29) is 12.2 Å². The van der Waals surface area contributed by atoms with Gasteiger partial charge in [0, 0.05) is 11.8 Å². The molecule has 1 aromatic carbocycles. The second-order valence-corrected chi connectivity index (χ2v) is 4.03. The molecular weight excluding hydrogens is 272 g/mol. The van der Waals surface area contributed by atoms with Crippen LogP contribution in [0.3, 0.4) is 0 Å². The Labute approximate surface area is 120 Å². The van der Waals surface area contributed by atoms with Crippen LogP contribution in [0.1, 0.15) is 16.1 Å². The van der Waals surface area contributed by atoms with Crippen LogP contribution >= 0.6 is 0 Å². The lowest BCUT2D eigenvalue weighted by Gasteiger charge is -2.09. The summed E-state index contributed by atoms with van der Waals surface area (Å²) in [6, 6.07) is 5.12. The number of anilines is 1. The lowest BCUT2D eigenvalue weighted by molar-refractivity contribution is 0.102. The maximum absolute atomic E-state index is 12.0. The highest BCUT2D eigenvalue weighted by Crippen LogP contribution is 2.25. The van der Waals surface area contributed by atoms with Gasteiger partial charge in [-0.2, -0.15) is 0 Å². The highest BCUT2D eigenvalue weighted by Gasteiger charge is 2.11. The molecule has 0 radical (unpaired) electrons. The van der Waals surface area contributed by atoms with E-state index in [1.54, 1.807) is 18.2 Å². The number of hydrogen-bond acceptors (Lipinski definition) is 4. The van der Waals surface area contributed by atoms with Gasteiger partial charge in [-0.1, -0.05) is 11.8 Å². The van der Waals surface area contributed by atoms with Gasteiger partial charge in [-0.25, -0.2) is 4.79 Å². The van der Waals surface area contributed by atoms with E-state index >= 15 is 0 Å². The standard InChI is InChI=1S/C14H14N4O3/c1-21-12-5-4-9(3-2-6-15)7-10(12)17-13(19)11-8-16-14(20)18-11/h4-5,7-8H,6,15H2,1H3,(H,17,19)(H2,16,18,20). The van der Waals surface area contributed by atoms with Gasteiger partial charge in [0.15, 0.2) is 0 Å². The molecule has 0 unspecified atom stereocenters. The summed E-state index contributed by atoms with van der Waals surface area (Å²) in [5, 5.41) is 2.65. The number of imidazole rings is 1. The van der Waals surface area contributed by atoms with E-state index in [4.69, 9.17) is 10.5 Å². The average Bonchev–Trinajstić information content (AvgIpc) is 2.92. The third-order valence-corrected chi connectivity index (χ3v) is 2.62. The fourth-order valence-corrected chi connectivity index (χ4v) is 1.68. The molecule has 0 fully saturated rings. The molecule has 1 heterocycles. The molecule has 0 spiro atoms. The minimum absolute atomic E-state index is 0.125. The predicted molar refractivity (Wildman–Crippen MR) is 78.3 cm³/mol. The van der Waals surface area contributed by atoms with E-state index in [2.05, 4.69) is 27.1 Å². The number of H-pyrrole nitrogens is 2. The number of rotatable bonds is 3. The van der Waals surface area contributed by atoms with Crippen LogP contribution in [-0.2, 0) is 0 Å². The van der Waals surface area contributed by atoms with E-state index in [0.29, 0.717) is 17.0 Å². The first-order chi connectivity index (χ1) is 10.1. The topological polar surface area (TPSA) is 113 Å². The number of ether oxygens (including phenoxy) is 1. The number of benzene rings is 1. The normalized spacial score (nSPS) is 9.62. The summed E-state index contributed by atoms with van der Waals surface area (Å²) in [6.45, 7) is 0.248. The van der Waals surface area contributed by atoms with Crippen molar-refractivity contribution in [1.29, 1.82) is 0 Å². The number of methoxy groups -OCH3 is 1. The summed E-state index contributed by atoms with van der Waals surface area (Å²) in [6.07, 6.45) is 1.29. The fraction of sp³-hybridized carbons (Fsp3) is 0.143. The molecule has 1 amide bonds. The molecule has 7 nitrogen and oxygen atoms in total. The quantitative estimate of drug-likeness (QED) is 0.607. The highest BCUT2D eigenvalue weighted by atomic mass is 16.5. The first-order valence-corrected chi connectivity index (χ1v) is 6.10. The second-order valence-electron chi connectivity index (χ2n) is 4.03. The molecule has 0 aliphatic carbocycles. The molecule has 108 valence electrons. The van der Waals surface area contributed by atoms with E-state index in [9.17, 15) is 9.59 Å². The summed E-state index contributed by atoms with van der Waals surface area (Å²) in [5.74, 6) is 5.62. The first kappa shape index (κ1) is 14.4. The number of aromatic amines is 2. The van der Waals surface area contributed by atoms with Crippen LogP contribution in [0.2, 0.25) is 0 Å². The van der Waals surface area contributed by atoms with Crippen LogP contribution in [0.15, 0.2) is 29.2 Å². The van der Waals surface area contributed by atoms with Gasteiger partial charge in [-0.05, 0) is 18.2 Å². The Hall–Kier alpha value is -2.98. The number of nitrogens with two attached hydrogens (primary N) is 1. The van der Waals surface area contributed by atoms with Gasteiger partial charge in [0.25, 0.3) is 5.91 Å². The number of carbonyl (C=O) groups excluding carboxylic acids is 1. The van der Waals surface area contributed by atoms with Crippen LogP contribution in [0, 0.1) is 11.8 Å². The minimum atomic E-state index is -0.462. The van der Waals surface area contributed by atoms with E-state index in [1.807, 2.05) is 0 Å². The van der Waals surface area contributed by atoms with Crippen molar-refractivity contribution in [3.63, 3.8) is 0 Å². The van der Waals surface area contributed by atoms with E-state index in [0.717, 1.165) is 0 Å². The Balaban J connectivity index is 2.28. The van der Waals surface area contributed by atoms with Gasteiger partial charge in [-0.3, -0.25) is 4.79 Å². The Bertz CT molecular complexity index is 764. The Morgan fingerprint density at radius 3 is 2.90 bits per heavy atom. The predicted octanol–water partition coefficient (Wildman–Crippen LogP) is 0.274. The van der Waals surface area contributed by atoms with E-state index in [1.165, 1.54) is 13.3 Å².